The molecule has 1 N–H and O–H groups in total. The molecule has 2 aromatic rings. The van der Waals surface area contributed by atoms with E-state index in [1.54, 1.807) is 12.1 Å². The van der Waals surface area contributed by atoms with Crippen LogP contribution in [-0.2, 0) is 23.1 Å². The van der Waals surface area contributed by atoms with E-state index in [-0.39, 0.29) is 5.78 Å². The predicted molar refractivity (Wildman–Crippen MR) is 93.0 cm³/mol. The number of fused-ring (bicyclic) bond motifs is 1. The quantitative estimate of drug-likeness (QED) is 0.903. The standard InChI is InChI=1S/C18H19NO4S/c1-24(21,22)19-18-15-8-5-9-16(20)14(15)10-11-17(18)23-12-13-6-3-2-4-7-13/h2-4,6-7,10-11,19H,5,8-9,12H2,1H3. The summed E-state index contributed by atoms with van der Waals surface area (Å²) in [6, 6.07) is 13.0. The van der Waals surface area contributed by atoms with Gasteiger partial charge in [0.05, 0.1) is 11.9 Å². The molecule has 5 nitrogen and oxygen atoms in total. The van der Waals surface area contributed by atoms with Crippen molar-refractivity contribution in [2.24, 2.45) is 0 Å². The molecule has 0 aliphatic heterocycles. The number of carbonyl (C=O) groups excluding carboxylic acids is 1. The van der Waals surface area contributed by atoms with Crippen molar-refractivity contribution in [1.29, 1.82) is 0 Å². The lowest BCUT2D eigenvalue weighted by atomic mass is 9.89. The molecule has 0 unspecified atom stereocenters. The molecule has 0 bridgehead atoms. The van der Waals surface area contributed by atoms with Crippen LogP contribution in [-0.4, -0.2) is 20.5 Å². The number of Topliss-reactive ketones (excluding diaryl/α,β-unsaturated/α-hetero) is 1. The number of sulfonamides is 1. The van der Waals surface area contributed by atoms with E-state index in [9.17, 15) is 13.2 Å². The van der Waals surface area contributed by atoms with E-state index in [2.05, 4.69) is 4.72 Å². The Bertz CT molecular complexity index is 860. The highest BCUT2D eigenvalue weighted by molar-refractivity contribution is 7.92. The monoisotopic (exact) mass is 345 g/mol. The summed E-state index contributed by atoms with van der Waals surface area (Å²) in [5.41, 5.74) is 2.68. The van der Waals surface area contributed by atoms with Crippen LogP contribution in [0.4, 0.5) is 5.69 Å². The third-order valence-electron chi connectivity index (χ3n) is 3.93. The Balaban J connectivity index is 1.97. The fourth-order valence-electron chi connectivity index (χ4n) is 2.86. The topological polar surface area (TPSA) is 72.5 Å². The van der Waals surface area contributed by atoms with Crippen LogP contribution in [0.2, 0.25) is 0 Å². The summed E-state index contributed by atoms with van der Waals surface area (Å²) in [6.45, 7) is 0.325. The van der Waals surface area contributed by atoms with Gasteiger partial charge in [0.2, 0.25) is 10.0 Å². The molecule has 2 aromatic carbocycles. The first-order valence-electron chi connectivity index (χ1n) is 7.77. The van der Waals surface area contributed by atoms with Crippen LogP contribution in [0.3, 0.4) is 0 Å². The maximum atomic E-state index is 12.1. The molecule has 1 aliphatic carbocycles. The molecule has 6 heteroatoms. The van der Waals surface area contributed by atoms with Gasteiger partial charge in [-0.05, 0) is 36.1 Å². The highest BCUT2D eigenvalue weighted by Gasteiger charge is 2.24. The molecule has 0 saturated carbocycles. The maximum absolute atomic E-state index is 12.1. The van der Waals surface area contributed by atoms with E-state index in [1.165, 1.54) is 0 Å². The molecule has 126 valence electrons. The number of rotatable bonds is 5. The van der Waals surface area contributed by atoms with Gasteiger partial charge in [0.1, 0.15) is 12.4 Å². The van der Waals surface area contributed by atoms with Crippen molar-refractivity contribution in [2.75, 3.05) is 11.0 Å². The number of ether oxygens (including phenoxy) is 1. The van der Waals surface area contributed by atoms with Crippen molar-refractivity contribution in [1.82, 2.24) is 0 Å². The zero-order valence-corrected chi connectivity index (χ0v) is 14.2. The molecule has 0 saturated heterocycles. The van der Waals surface area contributed by atoms with E-state index >= 15 is 0 Å². The Morgan fingerprint density at radius 3 is 2.54 bits per heavy atom. The second-order valence-electron chi connectivity index (χ2n) is 5.89. The Labute approximate surface area is 141 Å². The lowest BCUT2D eigenvalue weighted by Crippen LogP contribution is -2.18. The molecule has 0 spiro atoms. The summed E-state index contributed by atoms with van der Waals surface area (Å²) in [5, 5.41) is 0. The number of hydrogen-bond acceptors (Lipinski definition) is 4. The summed E-state index contributed by atoms with van der Waals surface area (Å²) >= 11 is 0. The lowest BCUT2D eigenvalue weighted by Gasteiger charge is -2.22. The van der Waals surface area contributed by atoms with Crippen molar-refractivity contribution in [3.8, 4) is 5.75 Å². The fraction of sp³-hybridized carbons (Fsp3) is 0.278. The van der Waals surface area contributed by atoms with Crippen LogP contribution in [0.25, 0.3) is 0 Å². The van der Waals surface area contributed by atoms with Gasteiger partial charge in [-0.3, -0.25) is 9.52 Å². The zero-order valence-electron chi connectivity index (χ0n) is 13.4. The third kappa shape index (κ3) is 3.76. The van der Waals surface area contributed by atoms with E-state index in [0.717, 1.165) is 17.4 Å². The first kappa shape index (κ1) is 16.5. The molecule has 0 radical (unpaired) electrons. The SMILES string of the molecule is CS(=O)(=O)Nc1c(OCc2ccccc2)ccc2c1CCCC2=O. The Hall–Kier alpha value is -2.34. The van der Waals surface area contributed by atoms with Gasteiger partial charge in [-0.25, -0.2) is 8.42 Å². The van der Waals surface area contributed by atoms with Gasteiger partial charge in [0.25, 0.3) is 0 Å². The Kier molecular flexibility index (Phi) is 4.57. The summed E-state index contributed by atoms with van der Waals surface area (Å²) in [4.78, 5) is 12.1. The third-order valence-corrected chi connectivity index (χ3v) is 4.51. The Morgan fingerprint density at radius 1 is 1.08 bits per heavy atom. The molecule has 0 aromatic heterocycles. The van der Waals surface area contributed by atoms with Gasteiger partial charge >= 0.3 is 0 Å². The van der Waals surface area contributed by atoms with Gasteiger partial charge in [-0.15, -0.1) is 0 Å². The number of anilines is 1. The minimum absolute atomic E-state index is 0.0439. The van der Waals surface area contributed by atoms with Gasteiger partial charge in [-0.1, -0.05) is 30.3 Å². The molecule has 24 heavy (non-hydrogen) atoms. The van der Waals surface area contributed by atoms with Crippen LogP contribution >= 0.6 is 0 Å². The number of ketones is 1. The minimum atomic E-state index is -3.47. The molecule has 0 atom stereocenters. The average Bonchev–Trinajstić information content (AvgIpc) is 2.54. The molecule has 0 heterocycles. The van der Waals surface area contributed by atoms with E-state index in [4.69, 9.17) is 4.74 Å². The van der Waals surface area contributed by atoms with Crippen LogP contribution in [0, 0.1) is 0 Å². The molecule has 0 amide bonds. The summed E-state index contributed by atoms with van der Waals surface area (Å²) in [7, 11) is -3.47. The fourth-order valence-corrected chi connectivity index (χ4v) is 3.46. The van der Waals surface area contributed by atoms with Crippen molar-refractivity contribution < 1.29 is 17.9 Å². The van der Waals surface area contributed by atoms with Crippen LogP contribution < -0.4 is 9.46 Å². The highest BCUT2D eigenvalue weighted by Crippen LogP contribution is 2.36. The van der Waals surface area contributed by atoms with E-state index < -0.39 is 10.0 Å². The molecule has 0 fully saturated rings. The number of hydrogen-bond donors (Lipinski definition) is 1. The molecule has 3 rings (SSSR count). The molecular weight excluding hydrogens is 326 g/mol. The second kappa shape index (κ2) is 6.65. The van der Waals surface area contributed by atoms with Crippen LogP contribution in [0.1, 0.15) is 34.3 Å². The van der Waals surface area contributed by atoms with Gasteiger partial charge in [-0.2, -0.15) is 0 Å². The van der Waals surface area contributed by atoms with Crippen molar-refractivity contribution in [2.45, 2.75) is 25.9 Å². The van der Waals surface area contributed by atoms with Gasteiger partial charge < -0.3 is 4.74 Å². The molecule has 1 aliphatic rings. The van der Waals surface area contributed by atoms with Crippen molar-refractivity contribution in [3.63, 3.8) is 0 Å². The van der Waals surface area contributed by atoms with Crippen molar-refractivity contribution in [3.05, 3.63) is 59.2 Å². The second-order valence-corrected chi connectivity index (χ2v) is 7.64. The highest BCUT2D eigenvalue weighted by atomic mass is 32.2. The number of carbonyl (C=O) groups is 1. The molecular formula is C18H19NO4S. The summed E-state index contributed by atoms with van der Waals surface area (Å²) in [6.07, 6.45) is 2.96. The lowest BCUT2D eigenvalue weighted by molar-refractivity contribution is 0.0972. The van der Waals surface area contributed by atoms with Crippen LogP contribution in [0.15, 0.2) is 42.5 Å². The Morgan fingerprint density at radius 2 is 1.83 bits per heavy atom. The van der Waals surface area contributed by atoms with Gasteiger partial charge in [0, 0.05) is 12.0 Å². The minimum Gasteiger partial charge on any atom is -0.487 e. The first-order chi connectivity index (χ1) is 11.4. The smallest absolute Gasteiger partial charge is 0.229 e. The van der Waals surface area contributed by atoms with Gasteiger partial charge in [0.15, 0.2) is 5.78 Å². The van der Waals surface area contributed by atoms with Crippen LogP contribution in [0.5, 0.6) is 5.75 Å². The summed E-state index contributed by atoms with van der Waals surface area (Å²) in [5.74, 6) is 0.486. The first-order valence-corrected chi connectivity index (χ1v) is 9.67. The largest absolute Gasteiger partial charge is 0.487 e. The number of benzene rings is 2. The maximum Gasteiger partial charge on any atom is 0.229 e. The van der Waals surface area contributed by atoms with E-state index in [1.807, 2.05) is 30.3 Å². The predicted octanol–water partition coefficient (Wildman–Crippen LogP) is 3.16. The van der Waals surface area contributed by atoms with E-state index in [0.29, 0.717) is 42.9 Å². The number of nitrogens with one attached hydrogen (secondary N) is 1. The summed E-state index contributed by atoms with van der Waals surface area (Å²) < 4.78 is 31.8. The zero-order chi connectivity index (χ0) is 17.2. The normalized spacial score (nSPS) is 14.1. The van der Waals surface area contributed by atoms with Crippen molar-refractivity contribution >= 4 is 21.5 Å². The average molecular weight is 345 g/mol.